The number of likely N-dealkylation sites (tertiary alicyclic amines) is 1. The number of hydrogen-bond donors (Lipinski definition) is 0. The van der Waals surface area contributed by atoms with Crippen molar-refractivity contribution in [2.75, 3.05) is 25.5 Å². The Kier molecular flexibility index (Phi) is 4.78. The van der Waals surface area contributed by atoms with Gasteiger partial charge in [-0.1, -0.05) is 72.5 Å². The first kappa shape index (κ1) is 21.6. The van der Waals surface area contributed by atoms with Gasteiger partial charge in [0.05, 0.1) is 18.7 Å². The van der Waals surface area contributed by atoms with Gasteiger partial charge in [0.2, 0.25) is 5.91 Å². The van der Waals surface area contributed by atoms with E-state index >= 15 is 0 Å². The zero-order valence-electron chi connectivity index (χ0n) is 18.8. The van der Waals surface area contributed by atoms with E-state index in [1.807, 2.05) is 78.7 Å². The minimum atomic E-state index is -1.20. The van der Waals surface area contributed by atoms with Crippen LogP contribution in [0, 0.1) is 0 Å². The van der Waals surface area contributed by atoms with E-state index in [2.05, 4.69) is 0 Å². The maximum absolute atomic E-state index is 14.6. The number of furan rings is 1. The zero-order chi connectivity index (χ0) is 23.7. The first-order valence-corrected chi connectivity index (χ1v) is 12.4. The van der Waals surface area contributed by atoms with E-state index in [0.29, 0.717) is 23.2 Å². The van der Waals surface area contributed by atoms with Crippen LogP contribution in [0.15, 0.2) is 77.4 Å². The first-order chi connectivity index (χ1) is 16.4. The lowest BCUT2D eigenvalue weighted by Gasteiger charge is -2.41. The molecule has 0 unspecified atom stereocenters. The summed E-state index contributed by atoms with van der Waals surface area (Å²) in [6.07, 6.45) is 1.62. The molecule has 3 aliphatic rings. The molecular formula is C26H23N3O3S2. The Balaban J connectivity index is 1.59. The standard InChI is InChI=1S/C26H23N3O3S2/c1-27-16-19(21-13-8-14-32-21)26(25(27)18-11-6-7-12-20(18)28(2)22(25)30)23(31)29(24(33)34-26)15-17-9-4-3-5-10-17/h3-14,19H,15-16H2,1-2H3/t19-,25-,26-/m0/s1. The van der Waals surface area contributed by atoms with E-state index in [0.717, 1.165) is 16.8 Å². The van der Waals surface area contributed by atoms with Crippen LogP contribution in [-0.4, -0.2) is 51.3 Å². The monoisotopic (exact) mass is 489 g/mol. The molecule has 2 aromatic carbocycles. The van der Waals surface area contributed by atoms with E-state index in [1.165, 1.54) is 11.8 Å². The Morgan fingerprint density at radius 1 is 1.00 bits per heavy atom. The molecular weight excluding hydrogens is 466 g/mol. The number of thioether (sulfide) groups is 1. The quantitative estimate of drug-likeness (QED) is 0.519. The topological polar surface area (TPSA) is 57.0 Å². The van der Waals surface area contributed by atoms with Gasteiger partial charge in [-0.05, 0) is 30.8 Å². The van der Waals surface area contributed by atoms with Crippen LogP contribution in [-0.2, 0) is 21.7 Å². The van der Waals surface area contributed by atoms with Gasteiger partial charge < -0.3 is 9.32 Å². The number of benzene rings is 2. The van der Waals surface area contributed by atoms with E-state index in [9.17, 15) is 9.59 Å². The molecule has 0 bridgehead atoms. The number of anilines is 1. The van der Waals surface area contributed by atoms with E-state index < -0.39 is 10.3 Å². The summed E-state index contributed by atoms with van der Waals surface area (Å²) < 4.78 is 5.16. The molecule has 6 nitrogen and oxygen atoms in total. The van der Waals surface area contributed by atoms with Gasteiger partial charge in [-0.25, -0.2) is 0 Å². The van der Waals surface area contributed by atoms with Crippen LogP contribution >= 0.6 is 24.0 Å². The molecule has 2 spiro atoms. The number of thiocarbonyl (C=S) groups is 1. The lowest BCUT2D eigenvalue weighted by atomic mass is 9.73. The Bertz CT molecular complexity index is 1310. The van der Waals surface area contributed by atoms with Gasteiger partial charge in [-0.15, -0.1) is 0 Å². The van der Waals surface area contributed by atoms with Crippen molar-refractivity contribution in [1.82, 2.24) is 9.80 Å². The van der Waals surface area contributed by atoms with Gasteiger partial charge in [0.15, 0.2) is 5.54 Å². The summed E-state index contributed by atoms with van der Waals surface area (Å²) in [5, 5.41) is 0. The molecule has 3 aliphatic heterocycles. The van der Waals surface area contributed by atoms with Crippen molar-refractivity contribution in [2.45, 2.75) is 22.7 Å². The SMILES string of the molecule is CN1C(=O)[C@]2(c3ccccc31)N(C)C[C@@H](c1ccco1)[C@@]21SC(=S)N(Cc2ccccc2)C1=O. The average molecular weight is 490 g/mol. The predicted octanol–water partition coefficient (Wildman–Crippen LogP) is 3.98. The third-order valence-corrected chi connectivity index (χ3v) is 9.37. The number of rotatable bonds is 3. The average Bonchev–Trinajstić information content (AvgIpc) is 3.57. The maximum Gasteiger partial charge on any atom is 0.254 e. The second kappa shape index (κ2) is 7.53. The number of hydrogen-bond acceptors (Lipinski definition) is 6. The Labute approximate surface area is 207 Å². The predicted molar refractivity (Wildman–Crippen MR) is 136 cm³/mol. The summed E-state index contributed by atoms with van der Waals surface area (Å²) in [7, 11) is 3.71. The third kappa shape index (κ3) is 2.53. The number of carbonyl (C=O) groups excluding carboxylic acids is 2. The van der Waals surface area contributed by atoms with Crippen LogP contribution in [0.1, 0.15) is 22.8 Å². The van der Waals surface area contributed by atoms with Crippen LogP contribution in [0.5, 0.6) is 0 Å². The Hall–Kier alpha value is -2.94. The van der Waals surface area contributed by atoms with E-state index in [1.54, 1.807) is 23.1 Å². The molecule has 34 heavy (non-hydrogen) atoms. The Morgan fingerprint density at radius 2 is 1.74 bits per heavy atom. The molecule has 0 saturated carbocycles. The third-order valence-electron chi connectivity index (χ3n) is 7.43. The highest BCUT2D eigenvalue weighted by atomic mass is 32.2. The summed E-state index contributed by atoms with van der Waals surface area (Å²) in [5.74, 6) is 0.0759. The number of para-hydroxylation sites is 1. The van der Waals surface area contributed by atoms with Gasteiger partial charge in [-0.2, -0.15) is 0 Å². The zero-order valence-corrected chi connectivity index (χ0v) is 20.4. The van der Waals surface area contributed by atoms with Gasteiger partial charge in [-0.3, -0.25) is 19.4 Å². The van der Waals surface area contributed by atoms with Crippen molar-refractivity contribution in [3.05, 3.63) is 89.9 Å². The summed E-state index contributed by atoms with van der Waals surface area (Å²) in [4.78, 5) is 34.2. The number of amides is 2. The number of fused-ring (bicyclic) bond motifs is 3. The van der Waals surface area contributed by atoms with Crippen LogP contribution in [0.4, 0.5) is 5.69 Å². The highest BCUT2D eigenvalue weighted by Gasteiger charge is 2.79. The van der Waals surface area contributed by atoms with E-state index in [4.69, 9.17) is 16.6 Å². The molecule has 0 N–H and O–H groups in total. The van der Waals surface area contributed by atoms with Crippen LogP contribution in [0.25, 0.3) is 0 Å². The highest BCUT2D eigenvalue weighted by molar-refractivity contribution is 8.25. The van der Waals surface area contributed by atoms with Crippen molar-refractivity contribution < 1.29 is 14.0 Å². The molecule has 3 aromatic rings. The van der Waals surface area contributed by atoms with Gasteiger partial charge in [0.25, 0.3) is 5.91 Å². The normalized spacial score (nSPS) is 28.6. The number of likely N-dealkylation sites (N-methyl/N-ethyl adjacent to an activating group) is 2. The van der Waals surface area contributed by atoms with E-state index in [-0.39, 0.29) is 17.7 Å². The van der Waals surface area contributed by atoms with Crippen molar-refractivity contribution in [2.24, 2.45) is 0 Å². The number of carbonyl (C=O) groups is 2. The summed E-state index contributed by atoms with van der Waals surface area (Å²) in [6, 6.07) is 21.3. The highest BCUT2D eigenvalue weighted by Crippen LogP contribution is 2.66. The molecule has 2 fully saturated rings. The first-order valence-electron chi connectivity index (χ1n) is 11.1. The minimum absolute atomic E-state index is 0.115. The molecule has 8 heteroatoms. The van der Waals surface area contributed by atoms with Crippen molar-refractivity contribution in [1.29, 1.82) is 0 Å². The number of nitrogens with zero attached hydrogens (tertiary/aromatic N) is 3. The molecule has 1 aromatic heterocycles. The molecule has 6 rings (SSSR count). The molecule has 0 radical (unpaired) electrons. The van der Waals surface area contributed by atoms with Crippen LogP contribution in [0.3, 0.4) is 0 Å². The lowest BCUT2D eigenvalue weighted by molar-refractivity contribution is -0.139. The van der Waals surface area contributed by atoms with Gasteiger partial charge in [0.1, 0.15) is 14.8 Å². The molecule has 3 atom stereocenters. The molecule has 0 aliphatic carbocycles. The second-order valence-electron chi connectivity index (χ2n) is 9.02. The second-order valence-corrected chi connectivity index (χ2v) is 10.9. The van der Waals surface area contributed by atoms with Crippen molar-refractivity contribution >= 4 is 45.8 Å². The molecule has 2 saturated heterocycles. The van der Waals surface area contributed by atoms with Gasteiger partial charge in [0, 0.05) is 24.8 Å². The summed E-state index contributed by atoms with van der Waals surface area (Å²) in [5.41, 5.74) is 1.44. The fraction of sp³-hybridized carbons (Fsp3) is 0.269. The smallest absolute Gasteiger partial charge is 0.254 e. The maximum atomic E-state index is 14.6. The summed E-state index contributed by atoms with van der Waals surface area (Å²) >= 11 is 7.17. The molecule has 2 amide bonds. The molecule has 172 valence electrons. The van der Waals surface area contributed by atoms with Crippen LogP contribution < -0.4 is 4.90 Å². The molecule has 4 heterocycles. The van der Waals surface area contributed by atoms with Crippen LogP contribution in [0.2, 0.25) is 0 Å². The minimum Gasteiger partial charge on any atom is -0.469 e. The van der Waals surface area contributed by atoms with Gasteiger partial charge >= 0.3 is 0 Å². The van der Waals surface area contributed by atoms with Crippen molar-refractivity contribution in [3.63, 3.8) is 0 Å². The lowest BCUT2D eigenvalue weighted by Crippen LogP contribution is -2.62. The Morgan fingerprint density at radius 3 is 2.47 bits per heavy atom. The fourth-order valence-corrected chi connectivity index (χ4v) is 8.10. The fourth-order valence-electron chi connectivity index (χ4n) is 5.99. The summed E-state index contributed by atoms with van der Waals surface area (Å²) in [6.45, 7) is 0.853. The van der Waals surface area contributed by atoms with Crippen molar-refractivity contribution in [3.8, 4) is 0 Å². The largest absolute Gasteiger partial charge is 0.469 e.